The van der Waals surface area contributed by atoms with E-state index in [2.05, 4.69) is 36.9 Å². The summed E-state index contributed by atoms with van der Waals surface area (Å²) >= 11 is 0. The van der Waals surface area contributed by atoms with E-state index in [9.17, 15) is 26.4 Å². The summed E-state index contributed by atoms with van der Waals surface area (Å²) in [5.41, 5.74) is 1.97. The van der Waals surface area contributed by atoms with Crippen molar-refractivity contribution in [1.29, 1.82) is 0 Å². The average molecular weight is 626 g/mol. The van der Waals surface area contributed by atoms with Crippen LogP contribution < -0.4 is 10.0 Å². The van der Waals surface area contributed by atoms with Crippen LogP contribution in [0.5, 0.6) is 0 Å². The molecule has 0 spiro atoms. The van der Waals surface area contributed by atoms with Crippen molar-refractivity contribution in [3.8, 4) is 11.8 Å². The van der Waals surface area contributed by atoms with Gasteiger partial charge in [-0.3, -0.25) is 14.4 Å². The number of hydrogen-bond donors (Lipinski definition) is 2. The van der Waals surface area contributed by atoms with E-state index in [1.807, 2.05) is 18.9 Å². The highest BCUT2D eigenvalue weighted by Gasteiger charge is 2.34. The summed E-state index contributed by atoms with van der Waals surface area (Å²) in [7, 11) is -1.55. The van der Waals surface area contributed by atoms with Crippen LogP contribution >= 0.6 is 0 Å². The first-order valence-corrected chi connectivity index (χ1v) is 15.5. The van der Waals surface area contributed by atoms with Gasteiger partial charge in [0.1, 0.15) is 0 Å². The van der Waals surface area contributed by atoms with E-state index in [1.165, 1.54) is 16.6 Å². The molecule has 2 N–H and O–H groups in total. The van der Waals surface area contributed by atoms with Crippen LogP contribution in [0.1, 0.15) is 38.2 Å². The molecule has 5 rings (SSSR count). The Labute approximate surface area is 252 Å². The second-order valence-corrected chi connectivity index (χ2v) is 12.5. The molecule has 1 aliphatic heterocycles. The molecular weight excluding hydrogens is 595 g/mol. The maximum absolute atomic E-state index is 14.0. The highest BCUT2D eigenvalue weighted by atomic mass is 32.2. The lowest BCUT2D eigenvalue weighted by molar-refractivity contribution is -0.138. The maximum atomic E-state index is 14.0. The van der Waals surface area contributed by atoms with Crippen molar-refractivity contribution in [3.05, 3.63) is 88.1 Å². The maximum Gasteiger partial charge on any atom is 0.416 e. The molecule has 0 saturated carbocycles. The largest absolute Gasteiger partial charge is 0.416 e. The van der Waals surface area contributed by atoms with Crippen molar-refractivity contribution in [2.45, 2.75) is 19.6 Å². The Kier molecular flexibility index (Phi) is 8.64. The molecule has 0 aliphatic carbocycles. The second-order valence-electron chi connectivity index (χ2n) is 10.7. The number of aryl methyl sites for hydroxylation is 1. The molecule has 10 nitrogen and oxygen atoms in total. The summed E-state index contributed by atoms with van der Waals surface area (Å²) in [5, 5.41) is 6.64. The number of alkyl halides is 3. The summed E-state index contributed by atoms with van der Waals surface area (Å²) in [4.78, 5) is 21.3. The number of rotatable bonds is 6. The molecular formula is C30H30F3N7O3S. The predicted octanol–water partition coefficient (Wildman–Crippen LogP) is 3.83. The van der Waals surface area contributed by atoms with E-state index in [1.54, 1.807) is 36.5 Å². The standard InChI is InChI=1S/C30H30F3N7O3S/c1-20-4-6-23(17-22(20)7-5-21-10-11-40-27(16-21)35-29(36-40)37-44(3,42)43)28(41)34-25-9-8-24(26(18-25)30(31,32)33)19-39-14-12-38(2)13-15-39/h4,6,8-11,16-18H,12-15,19H2,1-3H3,(H,34,41)(H,36,37). The van der Waals surface area contributed by atoms with E-state index >= 15 is 0 Å². The van der Waals surface area contributed by atoms with Crippen molar-refractivity contribution >= 4 is 33.2 Å². The smallest absolute Gasteiger partial charge is 0.322 e. The number of carbonyl (C=O) groups is 1. The molecule has 4 aromatic rings. The first kappa shape index (κ1) is 31.0. The average Bonchev–Trinajstić information content (AvgIpc) is 3.34. The van der Waals surface area contributed by atoms with Gasteiger partial charge in [-0.1, -0.05) is 24.0 Å². The molecule has 3 heterocycles. The van der Waals surface area contributed by atoms with Gasteiger partial charge in [-0.15, -0.1) is 5.10 Å². The Morgan fingerprint density at radius 2 is 1.77 bits per heavy atom. The van der Waals surface area contributed by atoms with Crippen LogP contribution in [0.15, 0.2) is 54.7 Å². The number of hydrogen-bond acceptors (Lipinski definition) is 7. The molecule has 1 fully saturated rings. The van der Waals surface area contributed by atoms with Crippen LogP contribution in [0.3, 0.4) is 0 Å². The molecule has 2 aromatic carbocycles. The van der Waals surface area contributed by atoms with Crippen LogP contribution in [-0.2, 0) is 22.7 Å². The Morgan fingerprint density at radius 1 is 1.02 bits per heavy atom. The number of piperazine rings is 1. The first-order chi connectivity index (χ1) is 20.7. The Morgan fingerprint density at radius 3 is 2.48 bits per heavy atom. The number of fused-ring (bicyclic) bond motifs is 1. The minimum Gasteiger partial charge on any atom is -0.322 e. The minimum absolute atomic E-state index is 0.0454. The molecule has 0 atom stereocenters. The third-order valence-electron chi connectivity index (χ3n) is 7.12. The zero-order chi connectivity index (χ0) is 31.6. The van der Waals surface area contributed by atoms with E-state index in [0.717, 1.165) is 31.0 Å². The fraction of sp³-hybridized carbons (Fsp3) is 0.300. The zero-order valence-corrected chi connectivity index (χ0v) is 25.1. The monoisotopic (exact) mass is 625 g/mol. The third kappa shape index (κ3) is 7.73. The van der Waals surface area contributed by atoms with Crippen molar-refractivity contribution in [2.24, 2.45) is 0 Å². The topological polar surface area (TPSA) is 112 Å². The summed E-state index contributed by atoms with van der Waals surface area (Å²) in [6.45, 7) is 4.96. The number of nitrogens with one attached hydrogen (secondary N) is 2. The van der Waals surface area contributed by atoms with Gasteiger partial charge in [0.05, 0.1) is 11.8 Å². The van der Waals surface area contributed by atoms with Gasteiger partial charge < -0.3 is 10.2 Å². The number of pyridine rings is 1. The van der Waals surface area contributed by atoms with Crippen LogP contribution in [0.25, 0.3) is 5.65 Å². The van der Waals surface area contributed by atoms with Gasteiger partial charge in [-0.05, 0) is 61.5 Å². The number of halogens is 3. The van der Waals surface area contributed by atoms with Crippen molar-refractivity contribution in [2.75, 3.05) is 49.5 Å². The van der Waals surface area contributed by atoms with Gasteiger partial charge in [0.2, 0.25) is 10.0 Å². The van der Waals surface area contributed by atoms with E-state index in [4.69, 9.17) is 0 Å². The lowest BCUT2D eigenvalue weighted by atomic mass is 10.0. The number of sulfonamides is 1. The van der Waals surface area contributed by atoms with Crippen LogP contribution in [0.2, 0.25) is 0 Å². The minimum atomic E-state index is -4.57. The van der Waals surface area contributed by atoms with Gasteiger partial charge in [0.15, 0.2) is 5.65 Å². The van der Waals surface area contributed by atoms with Crippen LogP contribution in [-0.4, -0.2) is 78.2 Å². The SMILES string of the molecule is Cc1ccc(C(=O)Nc2ccc(CN3CCN(C)CC3)c(C(F)(F)F)c2)cc1C#Cc1ccn2nc(NS(C)(=O)=O)nc2c1. The second kappa shape index (κ2) is 12.3. The summed E-state index contributed by atoms with van der Waals surface area (Å²) < 4.78 is 68.5. The van der Waals surface area contributed by atoms with Crippen molar-refractivity contribution in [1.82, 2.24) is 24.4 Å². The number of likely N-dealkylation sites (N-methyl/N-ethyl adjacent to an activating group) is 1. The molecule has 1 aliphatic rings. The van der Waals surface area contributed by atoms with Crippen LogP contribution in [0, 0.1) is 18.8 Å². The number of amides is 1. The Hall–Kier alpha value is -4.45. The fourth-order valence-corrected chi connectivity index (χ4v) is 5.13. The molecule has 230 valence electrons. The summed E-state index contributed by atoms with van der Waals surface area (Å²) in [6.07, 6.45) is -1.99. The molecule has 0 radical (unpaired) electrons. The number of nitrogens with zero attached hydrogens (tertiary/aromatic N) is 5. The number of anilines is 2. The molecule has 0 unspecified atom stereocenters. The number of benzene rings is 2. The van der Waals surface area contributed by atoms with Gasteiger partial charge in [-0.2, -0.15) is 18.2 Å². The number of carbonyl (C=O) groups excluding carboxylic acids is 1. The molecule has 1 saturated heterocycles. The molecule has 14 heteroatoms. The van der Waals surface area contributed by atoms with Gasteiger partial charge >= 0.3 is 6.18 Å². The van der Waals surface area contributed by atoms with Crippen molar-refractivity contribution < 1.29 is 26.4 Å². The van der Waals surface area contributed by atoms with Gasteiger partial charge in [0, 0.05) is 61.3 Å². The lowest BCUT2D eigenvalue weighted by Crippen LogP contribution is -2.44. The molecule has 2 aromatic heterocycles. The Bertz CT molecular complexity index is 1890. The highest BCUT2D eigenvalue weighted by Crippen LogP contribution is 2.34. The molecule has 1 amide bonds. The Balaban J connectivity index is 1.33. The van der Waals surface area contributed by atoms with E-state index in [-0.39, 0.29) is 29.3 Å². The fourth-order valence-electron chi connectivity index (χ4n) is 4.71. The highest BCUT2D eigenvalue weighted by molar-refractivity contribution is 7.91. The van der Waals surface area contributed by atoms with Gasteiger partial charge in [0.25, 0.3) is 11.9 Å². The molecule has 44 heavy (non-hydrogen) atoms. The summed E-state index contributed by atoms with van der Waals surface area (Å²) in [6, 6.07) is 12.1. The quantitative estimate of drug-likeness (QED) is 0.314. The van der Waals surface area contributed by atoms with Crippen LogP contribution in [0.4, 0.5) is 24.8 Å². The van der Waals surface area contributed by atoms with E-state index in [0.29, 0.717) is 29.9 Å². The number of aromatic nitrogens is 3. The lowest BCUT2D eigenvalue weighted by Gasteiger charge is -2.33. The van der Waals surface area contributed by atoms with Crippen molar-refractivity contribution in [3.63, 3.8) is 0 Å². The summed E-state index contributed by atoms with van der Waals surface area (Å²) in [5.74, 6) is 5.38. The van der Waals surface area contributed by atoms with E-state index < -0.39 is 27.7 Å². The normalized spacial score (nSPS) is 14.7. The predicted molar refractivity (Wildman–Crippen MR) is 161 cm³/mol. The van der Waals surface area contributed by atoms with Gasteiger partial charge in [-0.25, -0.2) is 12.9 Å². The molecule has 0 bridgehead atoms. The zero-order valence-electron chi connectivity index (χ0n) is 24.2. The third-order valence-corrected chi connectivity index (χ3v) is 7.67. The first-order valence-electron chi connectivity index (χ1n) is 13.6.